The van der Waals surface area contributed by atoms with E-state index >= 15 is 0 Å². The zero-order valence-electron chi connectivity index (χ0n) is 10.7. The molecule has 0 spiro atoms. The van der Waals surface area contributed by atoms with Gasteiger partial charge in [0.1, 0.15) is 9.90 Å². The van der Waals surface area contributed by atoms with Crippen LogP contribution in [0.15, 0.2) is 20.8 Å². The van der Waals surface area contributed by atoms with Gasteiger partial charge in [0.2, 0.25) is 0 Å². The Balaban J connectivity index is 2.21. The van der Waals surface area contributed by atoms with Crippen molar-refractivity contribution in [1.29, 1.82) is 0 Å². The number of thiophene rings is 1. The van der Waals surface area contributed by atoms with E-state index in [2.05, 4.69) is 25.6 Å². The van der Waals surface area contributed by atoms with Gasteiger partial charge in [0.25, 0.3) is 0 Å². The molecule has 0 saturated carbocycles. The Bertz CT molecular complexity index is 694. The fourth-order valence-corrected chi connectivity index (χ4v) is 5.70. The minimum Gasteiger partial charge on any atom is -0.382 e. The van der Waals surface area contributed by atoms with Crippen LogP contribution in [0.5, 0.6) is 0 Å². The summed E-state index contributed by atoms with van der Waals surface area (Å²) in [5, 5.41) is 5.61. The van der Waals surface area contributed by atoms with Crippen molar-refractivity contribution >= 4 is 59.5 Å². The van der Waals surface area contributed by atoms with Crippen LogP contribution in [0.25, 0.3) is 0 Å². The number of halogens is 1. The molecule has 2 aromatic heterocycles. The number of anilines is 2. The molecule has 9 heteroatoms. The van der Waals surface area contributed by atoms with Crippen molar-refractivity contribution in [3.05, 3.63) is 20.8 Å². The second-order valence-corrected chi connectivity index (χ2v) is 8.86. The number of aromatic nitrogens is 1. The Labute approximate surface area is 134 Å². The van der Waals surface area contributed by atoms with Crippen molar-refractivity contribution in [2.75, 3.05) is 16.8 Å². The van der Waals surface area contributed by atoms with Gasteiger partial charge in [0.15, 0.2) is 15.7 Å². The zero-order valence-corrected chi connectivity index (χ0v) is 14.8. The first-order valence-electron chi connectivity index (χ1n) is 5.88. The fraction of sp³-hybridized carbons (Fsp3) is 0.364. The normalized spacial score (nSPS) is 11.7. The predicted octanol–water partition coefficient (Wildman–Crippen LogP) is 3.35. The van der Waals surface area contributed by atoms with E-state index < -0.39 is 9.84 Å². The van der Waals surface area contributed by atoms with Crippen LogP contribution in [0.3, 0.4) is 0 Å². The van der Waals surface area contributed by atoms with Crippen LogP contribution in [-0.2, 0) is 16.4 Å². The number of rotatable bonds is 6. The minimum atomic E-state index is -3.37. The standard InChI is InChI=1S/C11H14BrN3O2S3/c1-2-3-20(16,17)9-10(13)15-19-11(9)14-5-8-4-7(12)6-18-8/h4,6,14H,2-3,5H2,1H3,(H2,13,15). The highest BCUT2D eigenvalue weighted by molar-refractivity contribution is 9.10. The molecular weight excluding hydrogens is 382 g/mol. The summed E-state index contributed by atoms with van der Waals surface area (Å²) in [6.07, 6.45) is 0.551. The summed E-state index contributed by atoms with van der Waals surface area (Å²) < 4.78 is 29.4. The molecule has 0 aliphatic carbocycles. The minimum absolute atomic E-state index is 0.0782. The van der Waals surface area contributed by atoms with Gasteiger partial charge in [0, 0.05) is 14.7 Å². The average molecular weight is 396 g/mol. The third-order valence-corrected chi connectivity index (χ3v) is 7.13. The molecule has 0 aliphatic rings. The van der Waals surface area contributed by atoms with E-state index in [4.69, 9.17) is 5.73 Å². The van der Waals surface area contributed by atoms with E-state index in [1.807, 2.05) is 18.4 Å². The van der Waals surface area contributed by atoms with Crippen LogP contribution in [0.1, 0.15) is 18.2 Å². The lowest BCUT2D eigenvalue weighted by molar-refractivity contribution is 0.595. The maximum Gasteiger partial charge on any atom is 0.185 e. The molecule has 0 radical (unpaired) electrons. The van der Waals surface area contributed by atoms with Crippen LogP contribution in [-0.4, -0.2) is 18.5 Å². The monoisotopic (exact) mass is 395 g/mol. The SMILES string of the molecule is CCCS(=O)(=O)c1c(N)nsc1NCc1cc(Br)cs1. The van der Waals surface area contributed by atoms with Crippen molar-refractivity contribution in [2.45, 2.75) is 24.8 Å². The van der Waals surface area contributed by atoms with Crippen LogP contribution < -0.4 is 11.1 Å². The number of nitrogens with two attached hydrogens (primary N) is 1. The summed E-state index contributed by atoms with van der Waals surface area (Å²) in [5.74, 6) is 0.160. The molecule has 0 saturated heterocycles. The molecule has 0 aliphatic heterocycles. The summed E-state index contributed by atoms with van der Waals surface area (Å²) in [4.78, 5) is 1.24. The van der Waals surface area contributed by atoms with Crippen LogP contribution in [0, 0.1) is 0 Å². The van der Waals surface area contributed by atoms with Gasteiger partial charge >= 0.3 is 0 Å². The summed E-state index contributed by atoms with van der Waals surface area (Å²) in [7, 11) is -3.37. The molecule has 0 atom stereocenters. The Morgan fingerprint density at radius 2 is 2.25 bits per heavy atom. The van der Waals surface area contributed by atoms with Gasteiger partial charge in [-0.2, -0.15) is 4.37 Å². The third-order valence-electron chi connectivity index (χ3n) is 2.50. The highest BCUT2D eigenvalue weighted by Crippen LogP contribution is 2.33. The summed E-state index contributed by atoms with van der Waals surface area (Å²) in [6.45, 7) is 2.37. The number of sulfone groups is 1. The first-order valence-corrected chi connectivity index (χ1v) is 9.98. The van der Waals surface area contributed by atoms with E-state index in [0.29, 0.717) is 18.0 Å². The zero-order chi connectivity index (χ0) is 14.8. The molecular formula is C11H14BrN3O2S3. The fourth-order valence-electron chi connectivity index (χ4n) is 1.69. The van der Waals surface area contributed by atoms with Gasteiger partial charge in [-0.05, 0) is 39.9 Å². The Morgan fingerprint density at radius 3 is 2.85 bits per heavy atom. The summed E-state index contributed by atoms with van der Waals surface area (Å²) >= 11 is 6.06. The van der Waals surface area contributed by atoms with E-state index in [0.717, 1.165) is 20.9 Å². The largest absolute Gasteiger partial charge is 0.382 e. The highest BCUT2D eigenvalue weighted by Gasteiger charge is 2.24. The Hall–Kier alpha value is -0.640. The predicted molar refractivity (Wildman–Crippen MR) is 88.2 cm³/mol. The Kier molecular flexibility index (Phi) is 5.05. The molecule has 3 N–H and O–H groups in total. The van der Waals surface area contributed by atoms with Crippen molar-refractivity contribution in [2.24, 2.45) is 0 Å². The highest BCUT2D eigenvalue weighted by atomic mass is 79.9. The second-order valence-electron chi connectivity index (χ2n) is 4.13. The molecule has 0 aromatic carbocycles. The van der Waals surface area contributed by atoms with E-state index in [1.165, 1.54) is 0 Å². The molecule has 2 aromatic rings. The lowest BCUT2D eigenvalue weighted by Crippen LogP contribution is -2.10. The van der Waals surface area contributed by atoms with Gasteiger partial charge < -0.3 is 11.1 Å². The lowest BCUT2D eigenvalue weighted by Gasteiger charge is -2.06. The van der Waals surface area contributed by atoms with Crippen LogP contribution in [0.2, 0.25) is 0 Å². The van der Waals surface area contributed by atoms with E-state index in [9.17, 15) is 8.42 Å². The van der Waals surface area contributed by atoms with Gasteiger partial charge in [-0.3, -0.25) is 0 Å². The molecule has 0 fully saturated rings. The van der Waals surface area contributed by atoms with E-state index in [1.54, 1.807) is 11.3 Å². The summed E-state index contributed by atoms with van der Waals surface area (Å²) in [5.41, 5.74) is 5.71. The number of nitrogens with zero attached hydrogens (tertiary/aromatic N) is 1. The molecule has 0 amide bonds. The maximum atomic E-state index is 12.2. The number of hydrogen-bond donors (Lipinski definition) is 2. The molecule has 20 heavy (non-hydrogen) atoms. The average Bonchev–Trinajstić information content (AvgIpc) is 2.93. The summed E-state index contributed by atoms with van der Waals surface area (Å²) in [6, 6.07) is 1.99. The first-order chi connectivity index (χ1) is 9.44. The van der Waals surface area contributed by atoms with E-state index in [-0.39, 0.29) is 16.5 Å². The van der Waals surface area contributed by atoms with Crippen molar-refractivity contribution in [3.63, 3.8) is 0 Å². The second kappa shape index (κ2) is 6.42. The maximum absolute atomic E-state index is 12.2. The number of nitrogen functional groups attached to an aromatic ring is 1. The van der Waals surface area contributed by atoms with Gasteiger partial charge in [-0.25, -0.2) is 8.42 Å². The van der Waals surface area contributed by atoms with Crippen molar-refractivity contribution < 1.29 is 8.42 Å². The number of nitrogens with one attached hydrogen (secondary N) is 1. The molecule has 0 bridgehead atoms. The van der Waals surface area contributed by atoms with Crippen molar-refractivity contribution in [1.82, 2.24) is 4.37 Å². The topological polar surface area (TPSA) is 85.1 Å². The van der Waals surface area contributed by atoms with Crippen molar-refractivity contribution in [3.8, 4) is 0 Å². The lowest BCUT2D eigenvalue weighted by atomic mass is 10.4. The third kappa shape index (κ3) is 3.51. The van der Waals surface area contributed by atoms with Gasteiger partial charge in [-0.15, -0.1) is 11.3 Å². The molecule has 2 heterocycles. The van der Waals surface area contributed by atoms with Gasteiger partial charge in [-0.1, -0.05) is 6.92 Å². The Morgan fingerprint density at radius 1 is 1.50 bits per heavy atom. The molecule has 5 nitrogen and oxygen atoms in total. The smallest absolute Gasteiger partial charge is 0.185 e. The van der Waals surface area contributed by atoms with Gasteiger partial charge in [0.05, 0.1) is 12.3 Å². The first kappa shape index (κ1) is 15.7. The number of hydrogen-bond acceptors (Lipinski definition) is 7. The quantitative estimate of drug-likeness (QED) is 0.782. The van der Waals surface area contributed by atoms with Crippen LogP contribution in [0.4, 0.5) is 10.8 Å². The molecule has 2 rings (SSSR count). The van der Waals surface area contributed by atoms with Crippen LogP contribution >= 0.6 is 38.8 Å². The molecule has 0 unspecified atom stereocenters. The molecule has 110 valence electrons.